The van der Waals surface area contributed by atoms with E-state index in [1.165, 1.54) is 12.1 Å². The topological polar surface area (TPSA) is 67.6 Å². The van der Waals surface area contributed by atoms with Crippen LogP contribution in [0.5, 0.6) is 0 Å². The summed E-state index contributed by atoms with van der Waals surface area (Å²) in [6.45, 7) is 1.90. The molecule has 0 aliphatic carbocycles. The molecule has 6 heteroatoms. The Morgan fingerprint density at radius 2 is 1.95 bits per heavy atom. The molecule has 0 unspecified atom stereocenters. The first-order chi connectivity index (χ1) is 10.1. The first kappa shape index (κ1) is 13.2. The summed E-state index contributed by atoms with van der Waals surface area (Å²) < 4.78 is 27.1. The third kappa shape index (κ3) is 2.35. The number of hydrogen-bond acceptors (Lipinski definition) is 3. The summed E-state index contributed by atoms with van der Waals surface area (Å²) in [4.78, 5) is 4.10. The lowest BCUT2D eigenvalue weighted by Gasteiger charge is -2.06. The summed E-state index contributed by atoms with van der Waals surface area (Å²) in [6.07, 6.45) is 3.34. The number of rotatable bonds is 2. The molecule has 0 radical (unpaired) electrons. The number of H-pyrrole nitrogens is 1. The molecule has 0 saturated heterocycles. The summed E-state index contributed by atoms with van der Waals surface area (Å²) in [6, 6.07) is 5.23. The van der Waals surface area contributed by atoms with Gasteiger partial charge in [0.15, 0.2) is 5.82 Å². The van der Waals surface area contributed by atoms with Gasteiger partial charge < -0.3 is 5.73 Å². The predicted octanol–water partition coefficient (Wildman–Crippen LogP) is 3.31. The van der Waals surface area contributed by atoms with Gasteiger partial charge in [-0.2, -0.15) is 5.10 Å². The van der Waals surface area contributed by atoms with Gasteiger partial charge in [0.25, 0.3) is 0 Å². The van der Waals surface area contributed by atoms with E-state index in [0.717, 1.165) is 17.2 Å². The van der Waals surface area contributed by atoms with Gasteiger partial charge in [0.2, 0.25) is 0 Å². The van der Waals surface area contributed by atoms with Crippen LogP contribution in [0.4, 0.5) is 14.6 Å². The van der Waals surface area contributed by atoms with Gasteiger partial charge >= 0.3 is 0 Å². The summed E-state index contributed by atoms with van der Waals surface area (Å²) >= 11 is 0. The molecule has 0 atom stereocenters. The Kier molecular flexibility index (Phi) is 3.13. The standard InChI is InChI=1S/C15H12F2N4/c1-8-4-9(7-19-6-8)14-13(15(18)21-20-14)11-3-2-10(16)5-12(11)17/h2-7H,1H3,(H3,18,20,21). The van der Waals surface area contributed by atoms with Crippen molar-refractivity contribution in [1.82, 2.24) is 15.2 Å². The maximum atomic E-state index is 14.0. The number of nitrogens with two attached hydrogens (primary N) is 1. The molecule has 2 aromatic heterocycles. The van der Waals surface area contributed by atoms with Gasteiger partial charge in [0.1, 0.15) is 11.6 Å². The molecule has 0 fully saturated rings. The predicted molar refractivity (Wildman–Crippen MR) is 76.3 cm³/mol. The highest BCUT2D eigenvalue weighted by Gasteiger charge is 2.18. The van der Waals surface area contributed by atoms with Gasteiger partial charge in [0, 0.05) is 29.6 Å². The van der Waals surface area contributed by atoms with E-state index in [0.29, 0.717) is 11.3 Å². The minimum absolute atomic E-state index is 0.150. The third-order valence-corrected chi connectivity index (χ3v) is 3.16. The number of benzene rings is 1. The molecule has 3 rings (SSSR count). The van der Waals surface area contributed by atoms with Crippen LogP contribution >= 0.6 is 0 Å². The molecular formula is C15H12F2N4. The average molecular weight is 286 g/mol. The first-order valence-corrected chi connectivity index (χ1v) is 6.27. The van der Waals surface area contributed by atoms with Crippen LogP contribution in [0.25, 0.3) is 22.4 Å². The summed E-state index contributed by atoms with van der Waals surface area (Å²) in [5.41, 5.74) is 8.66. The molecule has 2 heterocycles. The van der Waals surface area contributed by atoms with Crippen molar-refractivity contribution in [1.29, 1.82) is 0 Å². The van der Waals surface area contributed by atoms with Crippen molar-refractivity contribution in [2.75, 3.05) is 5.73 Å². The Morgan fingerprint density at radius 3 is 2.67 bits per heavy atom. The van der Waals surface area contributed by atoms with E-state index in [-0.39, 0.29) is 11.4 Å². The molecule has 0 amide bonds. The fraction of sp³-hybridized carbons (Fsp3) is 0.0667. The Bertz CT molecular complexity index is 811. The molecule has 4 nitrogen and oxygen atoms in total. The number of aromatic nitrogens is 3. The van der Waals surface area contributed by atoms with Crippen LogP contribution < -0.4 is 5.73 Å². The second-order valence-electron chi connectivity index (χ2n) is 4.73. The highest BCUT2D eigenvalue weighted by molar-refractivity contribution is 5.87. The highest BCUT2D eigenvalue weighted by atomic mass is 19.1. The minimum Gasteiger partial charge on any atom is -0.382 e. The Morgan fingerprint density at radius 1 is 1.14 bits per heavy atom. The van der Waals surface area contributed by atoms with E-state index >= 15 is 0 Å². The molecule has 1 aromatic carbocycles. The largest absolute Gasteiger partial charge is 0.382 e. The van der Waals surface area contributed by atoms with Crippen molar-refractivity contribution >= 4 is 5.82 Å². The summed E-state index contributed by atoms with van der Waals surface area (Å²) in [5.74, 6) is -1.18. The van der Waals surface area contributed by atoms with Crippen molar-refractivity contribution < 1.29 is 8.78 Å². The Hall–Kier alpha value is -2.76. The lowest BCUT2D eigenvalue weighted by Crippen LogP contribution is -1.93. The van der Waals surface area contributed by atoms with Gasteiger partial charge in [-0.25, -0.2) is 8.78 Å². The third-order valence-electron chi connectivity index (χ3n) is 3.16. The zero-order valence-corrected chi connectivity index (χ0v) is 11.2. The lowest BCUT2D eigenvalue weighted by molar-refractivity contribution is 0.585. The number of nitrogen functional groups attached to an aromatic ring is 1. The molecule has 106 valence electrons. The number of hydrogen-bond donors (Lipinski definition) is 2. The van der Waals surface area contributed by atoms with Crippen molar-refractivity contribution in [3.05, 3.63) is 53.9 Å². The van der Waals surface area contributed by atoms with Crippen LogP contribution in [0.3, 0.4) is 0 Å². The van der Waals surface area contributed by atoms with Gasteiger partial charge in [-0.1, -0.05) is 0 Å². The highest BCUT2D eigenvalue weighted by Crippen LogP contribution is 2.36. The Balaban J connectivity index is 2.22. The van der Waals surface area contributed by atoms with Crippen LogP contribution in [0.1, 0.15) is 5.56 Å². The average Bonchev–Trinajstić information content (AvgIpc) is 2.81. The number of aryl methyl sites for hydroxylation is 1. The van der Waals surface area contributed by atoms with E-state index in [1.807, 2.05) is 13.0 Å². The van der Waals surface area contributed by atoms with Gasteiger partial charge in [0.05, 0.1) is 11.3 Å². The second-order valence-corrected chi connectivity index (χ2v) is 4.73. The molecule has 0 spiro atoms. The first-order valence-electron chi connectivity index (χ1n) is 6.27. The number of halogens is 2. The maximum absolute atomic E-state index is 14.0. The number of aromatic amines is 1. The monoisotopic (exact) mass is 286 g/mol. The number of pyridine rings is 1. The van der Waals surface area contributed by atoms with E-state index < -0.39 is 11.6 Å². The van der Waals surface area contributed by atoms with Crippen molar-refractivity contribution in [2.45, 2.75) is 6.92 Å². The molecular weight excluding hydrogens is 274 g/mol. The maximum Gasteiger partial charge on any atom is 0.153 e. The fourth-order valence-corrected chi connectivity index (χ4v) is 2.22. The number of nitrogens with zero attached hydrogens (tertiary/aromatic N) is 2. The van der Waals surface area contributed by atoms with E-state index in [1.54, 1.807) is 12.4 Å². The summed E-state index contributed by atoms with van der Waals surface area (Å²) in [5, 5.41) is 6.71. The van der Waals surface area contributed by atoms with Gasteiger partial charge in [-0.15, -0.1) is 0 Å². The molecule has 0 saturated carbocycles. The van der Waals surface area contributed by atoms with E-state index in [2.05, 4.69) is 15.2 Å². The minimum atomic E-state index is -0.690. The van der Waals surface area contributed by atoms with Crippen molar-refractivity contribution in [3.63, 3.8) is 0 Å². The van der Waals surface area contributed by atoms with Crippen LogP contribution in [-0.4, -0.2) is 15.2 Å². The number of nitrogens with one attached hydrogen (secondary N) is 1. The van der Waals surface area contributed by atoms with Crippen LogP contribution in [0.2, 0.25) is 0 Å². The van der Waals surface area contributed by atoms with Crippen LogP contribution in [0.15, 0.2) is 36.7 Å². The van der Waals surface area contributed by atoms with Gasteiger partial charge in [-0.05, 0) is 30.7 Å². The lowest BCUT2D eigenvalue weighted by atomic mass is 10.0. The van der Waals surface area contributed by atoms with E-state index in [9.17, 15) is 8.78 Å². The van der Waals surface area contributed by atoms with Crippen molar-refractivity contribution in [2.24, 2.45) is 0 Å². The van der Waals surface area contributed by atoms with Gasteiger partial charge in [-0.3, -0.25) is 10.1 Å². The molecule has 3 N–H and O–H groups in total. The SMILES string of the molecule is Cc1cncc(-c2[nH]nc(N)c2-c2ccc(F)cc2F)c1. The molecule has 0 aliphatic heterocycles. The molecule has 0 bridgehead atoms. The van der Waals surface area contributed by atoms with E-state index in [4.69, 9.17) is 5.73 Å². The summed E-state index contributed by atoms with van der Waals surface area (Å²) in [7, 11) is 0. The molecule has 3 aromatic rings. The van der Waals surface area contributed by atoms with Crippen LogP contribution in [-0.2, 0) is 0 Å². The molecule has 21 heavy (non-hydrogen) atoms. The van der Waals surface area contributed by atoms with Crippen LogP contribution in [0, 0.1) is 18.6 Å². The number of anilines is 1. The quantitative estimate of drug-likeness (QED) is 0.759. The Labute approximate surface area is 119 Å². The van der Waals surface area contributed by atoms with Crippen molar-refractivity contribution in [3.8, 4) is 22.4 Å². The smallest absolute Gasteiger partial charge is 0.153 e. The molecule has 0 aliphatic rings. The zero-order chi connectivity index (χ0) is 15.0. The normalized spacial score (nSPS) is 10.8. The second kappa shape index (κ2) is 4.97. The fourth-order valence-electron chi connectivity index (χ4n) is 2.22. The zero-order valence-electron chi connectivity index (χ0n) is 11.2.